The number of furan rings is 1. The van der Waals surface area contributed by atoms with Crippen LogP contribution in [0.25, 0.3) is 11.0 Å². The summed E-state index contributed by atoms with van der Waals surface area (Å²) in [5.74, 6) is 0.531. The van der Waals surface area contributed by atoms with E-state index in [-0.39, 0.29) is 0 Å². The Morgan fingerprint density at radius 2 is 2.17 bits per heavy atom. The van der Waals surface area contributed by atoms with Gasteiger partial charge in [0.1, 0.15) is 17.4 Å². The topological polar surface area (TPSA) is 33.4 Å². The number of benzene rings is 1. The molecule has 1 unspecified atom stereocenters. The normalized spacial score (nSPS) is 13.1. The molecule has 3 aromatic rings. The van der Waals surface area contributed by atoms with Gasteiger partial charge in [0.25, 0.3) is 0 Å². The highest BCUT2D eigenvalue weighted by molar-refractivity contribution is 7.10. The van der Waals surface area contributed by atoms with Gasteiger partial charge in [0.05, 0.1) is 9.90 Å². The number of fused-ring (bicyclic) bond motifs is 1. The van der Waals surface area contributed by atoms with Crippen molar-refractivity contribution >= 4 is 33.9 Å². The van der Waals surface area contributed by atoms with E-state index in [0.717, 1.165) is 16.5 Å². The third kappa shape index (κ3) is 1.85. The highest BCUT2D eigenvalue weighted by atomic mass is 35.5. The van der Waals surface area contributed by atoms with Crippen LogP contribution in [0.1, 0.15) is 22.3 Å². The maximum absolute atomic E-state index is 10.3. The van der Waals surface area contributed by atoms with Crippen LogP contribution in [0.4, 0.5) is 0 Å². The fourth-order valence-electron chi connectivity index (χ4n) is 1.99. The minimum Gasteiger partial charge on any atom is -0.458 e. The lowest BCUT2D eigenvalue weighted by Gasteiger charge is -2.05. The first-order chi connectivity index (χ1) is 8.66. The van der Waals surface area contributed by atoms with Crippen LogP contribution in [0.5, 0.6) is 0 Å². The van der Waals surface area contributed by atoms with Crippen LogP contribution in [-0.4, -0.2) is 5.11 Å². The number of aryl methyl sites for hydroxylation is 1. The van der Waals surface area contributed by atoms with Crippen molar-refractivity contribution in [2.45, 2.75) is 13.0 Å². The molecule has 92 valence electrons. The Bertz CT molecular complexity index is 699. The smallest absolute Gasteiger partial charge is 0.147 e. The number of aliphatic hydroxyl groups excluding tert-OH is 1. The molecule has 0 bridgehead atoms. The summed E-state index contributed by atoms with van der Waals surface area (Å²) in [6.07, 6.45) is -0.802. The minimum atomic E-state index is -0.802. The SMILES string of the molecule is Cc1cccc2cc(C(O)c3sccc3Cl)oc12. The van der Waals surface area contributed by atoms with Crippen LogP contribution in [0.3, 0.4) is 0 Å². The molecular weight excluding hydrogens is 268 g/mol. The zero-order valence-electron chi connectivity index (χ0n) is 9.68. The lowest BCUT2D eigenvalue weighted by Crippen LogP contribution is -1.95. The van der Waals surface area contributed by atoms with Gasteiger partial charge in [-0.2, -0.15) is 0 Å². The number of thiophene rings is 1. The van der Waals surface area contributed by atoms with Crippen LogP contribution < -0.4 is 0 Å². The van der Waals surface area contributed by atoms with E-state index in [1.165, 1.54) is 11.3 Å². The number of para-hydroxylation sites is 1. The first-order valence-electron chi connectivity index (χ1n) is 5.57. The maximum Gasteiger partial charge on any atom is 0.147 e. The van der Waals surface area contributed by atoms with Crippen molar-refractivity contribution in [2.75, 3.05) is 0 Å². The molecule has 18 heavy (non-hydrogen) atoms. The van der Waals surface area contributed by atoms with Crippen molar-refractivity contribution in [3.63, 3.8) is 0 Å². The largest absolute Gasteiger partial charge is 0.458 e. The molecule has 0 saturated carbocycles. The molecule has 0 radical (unpaired) electrons. The van der Waals surface area contributed by atoms with Crippen LogP contribution in [-0.2, 0) is 0 Å². The van der Waals surface area contributed by atoms with Gasteiger partial charge in [0.2, 0.25) is 0 Å². The molecule has 0 aliphatic heterocycles. The van der Waals surface area contributed by atoms with E-state index in [9.17, 15) is 5.11 Å². The Labute approximate surface area is 113 Å². The molecule has 2 aromatic heterocycles. The standard InChI is InChI=1S/C14H11ClO2S/c1-8-3-2-4-9-7-11(17-13(8)9)12(16)14-10(15)5-6-18-14/h2-7,12,16H,1H3. The van der Waals surface area contributed by atoms with Gasteiger partial charge in [0, 0.05) is 5.39 Å². The molecule has 3 rings (SSSR count). The first kappa shape index (κ1) is 11.8. The van der Waals surface area contributed by atoms with Gasteiger partial charge in [-0.15, -0.1) is 11.3 Å². The Morgan fingerprint density at radius 3 is 2.83 bits per heavy atom. The van der Waals surface area contributed by atoms with E-state index >= 15 is 0 Å². The molecule has 1 atom stereocenters. The van der Waals surface area contributed by atoms with Crippen LogP contribution in [0, 0.1) is 6.92 Å². The zero-order valence-corrected chi connectivity index (χ0v) is 11.3. The quantitative estimate of drug-likeness (QED) is 0.747. The van der Waals surface area contributed by atoms with Crippen LogP contribution >= 0.6 is 22.9 Å². The summed E-state index contributed by atoms with van der Waals surface area (Å²) in [5, 5.41) is 13.7. The molecule has 0 aliphatic rings. The minimum absolute atomic E-state index is 0.531. The van der Waals surface area contributed by atoms with E-state index in [4.69, 9.17) is 16.0 Å². The van der Waals surface area contributed by atoms with Crippen molar-refractivity contribution in [1.82, 2.24) is 0 Å². The molecule has 1 aromatic carbocycles. The van der Waals surface area contributed by atoms with Crippen LogP contribution in [0.15, 0.2) is 40.1 Å². The predicted octanol–water partition coefficient (Wildman–Crippen LogP) is 4.54. The summed E-state index contributed by atoms with van der Waals surface area (Å²) in [4.78, 5) is 0.716. The molecule has 0 amide bonds. The molecule has 2 heterocycles. The maximum atomic E-state index is 10.3. The van der Waals surface area contributed by atoms with Crippen molar-refractivity contribution in [3.05, 3.63) is 56.9 Å². The molecule has 0 saturated heterocycles. The lowest BCUT2D eigenvalue weighted by molar-refractivity contribution is 0.196. The van der Waals surface area contributed by atoms with Crippen molar-refractivity contribution in [1.29, 1.82) is 0 Å². The van der Waals surface area contributed by atoms with Crippen LogP contribution in [0.2, 0.25) is 5.02 Å². The fourth-order valence-corrected chi connectivity index (χ4v) is 3.14. The van der Waals surface area contributed by atoms with Gasteiger partial charge in [-0.05, 0) is 30.0 Å². The second-order valence-corrected chi connectivity index (χ2v) is 5.53. The van der Waals surface area contributed by atoms with Gasteiger partial charge in [-0.1, -0.05) is 29.8 Å². The third-order valence-corrected chi connectivity index (χ3v) is 4.33. The Balaban J connectivity index is 2.10. The van der Waals surface area contributed by atoms with E-state index in [2.05, 4.69) is 0 Å². The molecule has 4 heteroatoms. The summed E-state index contributed by atoms with van der Waals surface area (Å²) < 4.78 is 5.74. The molecule has 1 N–H and O–H groups in total. The van der Waals surface area contributed by atoms with Crippen molar-refractivity contribution in [3.8, 4) is 0 Å². The summed E-state index contributed by atoms with van der Waals surface area (Å²) in [6.45, 7) is 1.99. The van der Waals surface area contributed by atoms with E-state index in [1.807, 2.05) is 36.6 Å². The Hall–Kier alpha value is -1.29. The molecule has 0 fully saturated rings. The van der Waals surface area contributed by atoms with Gasteiger partial charge >= 0.3 is 0 Å². The first-order valence-corrected chi connectivity index (χ1v) is 6.82. The van der Waals surface area contributed by atoms with Crippen molar-refractivity contribution < 1.29 is 9.52 Å². The number of hydrogen-bond donors (Lipinski definition) is 1. The van der Waals surface area contributed by atoms with E-state index in [0.29, 0.717) is 15.7 Å². The Kier molecular flexibility index (Phi) is 2.90. The number of aliphatic hydroxyl groups is 1. The molecule has 0 aliphatic carbocycles. The van der Waals surface area contributed by atoms with Gasteiger partial charge in [-0.25, -0.2) is 0 Å². The number of rotatable bonds is 2. The third-order valence-electron chi connectivity index (χ3n) is 2.92. The molecule has 2 nitrogen and oxygen atoms in total. The second-order valence-electron chi connectivity index (χ2n) is 4.18. The number of halogens is 1. The van der Waals surface area contributed by atoms with E-state index < -0.39 is 6.10 Å². The average molecular weight is 279 g/mol. The highest BCUT2D eigenvalue weighted by Crippen LogP contribution is 2.35. The zero-order chi connectivity index (χ0) is 12.7. The Morgan fingerprint density at radius 1 is 1.33 bits per heavy atom. The number of hydrogen-bond acceptors (Lipinski definition) is 3. The molecular formula is C14H11ClO2S. The second kappa shape index (κ2) is 4.43. The summed E-state index contributed by atoms with van der Waals surface area (Å²) in [7, 11) is 0. The molecule has 0 spiro atoms. The van der Waals surface area contributed by atoms with Gasteiger partial charge in [-0.3, -0.25) is 0 Å². The summed E-state index contributed by atoms with van der Waals surface area (Å²) in [5.41, 5.74) is 1.88. The predicted molar refractivity (Wildman–Crippen MR) is 74.3 cm³/mol. The lowest BCUT2D eigenvalue weighted by atomic mass is 10.1. The van der Waals surface area contributed by atoms with Crippen molar-refractivity contribution in [2.24, 2.45) is 0 Å². The summed E-state index contributed by atoms with van der Waals surface area (Å²) in [6, 6.07) is 9.57. The summed E-state index contributed by atoms with van der Waals surface area (Å²) >= 11 is 7.45. The van der Waals surface area contributed by atoms with Gasteiger partial charge < -0.3 is 9.52 Å². The fraction of sp³-hybridized carbons (Fsp3) is 0.143. The van der Waals surface area contributed by atoms with E-state index in [1.54, 1.807) is 6.07 Å². The monoisotopic (exact) mass is 278 g/mol. The van der Waals surface area contributed by atoms with Gasteiger partial charge in [0.15, 0.2) is 0 Å². The highest BCUT2D eigenvalue weighted by Gasteiger charge is 2.19. The average Bonchev–Trinajstić information content (AvgIpc) is 2.95.